The van der Waals surface area contributed by atoms with Crippen LogP contribution in [0.15, 0.2) is 23.6 Å². The quantitative estimate of drug-likeness (QED) is 0.795. The maximum atomic E-state index is 12.9. The Morgan fingerprint density at radius 3 is 2.68 bits per heavy atom. The van der Waals surface area contributed by atoms with Gasteiger partial charge in [-0.15, -0.1) is 23.7 Å². The number of nitrogens with zero attached hydrogens (tertiary/aromatic N) is 2. The van der Waals surface area contributed by atoms with Gasteiger partial charge in [0.25, 0.3) is 5.91 Å². The molecule has 0 saturated heterocycles. The molecule has 1 saturated carbocycles. The zero-order chi connectivity index (χ0) is 17.1. The number of rotatable bonds is 7. The topological polar surface area (TPSA) is 77.7 Å². The van der Waals surface area contributed by atoms with Gasteiger partial charge in [0.2, 0.25) is 0 Å². The lowest BCUT2D eigenvalue weighted by Gasteiger charge is -2.23. The zero-order valence-corrected chi connectivity index (χ0v) is 15.9. The van der Waals surface area contributed by atoms with E-state index in [1.165, 1.54) is 11.3 Å². The number of carbonyl (C=O) groups is 1. The molecule has 25 heavy (non-hydrogen) atoms. The van der Waals surface area contributed by atoms with E-state index in [-0.39, 0.29) is 24.4 Å². The molecule has 0 aliphatic heterocycles. The largest absolute Gasteiger partial charge is 0.497 e. The number of nitrogens with two attached hydrogens (primary N) is 1. The number of thiazole rings is 1. The predicted molar refractivity (Wildman–Crippen MR) is 99.7 cm³/mol. The van der Waals surface area contributed by atoms with Gasteiger partial charge in [-0.1, -0.05) is 0 Å². The van der Waals surface area contributed by atoms with E-state index in [4.69, 9.17) is 15.2 Å². The van der Waals surface area contributed by atoms with Crippen LogP contribution in [0, 0.1) is 0 Å². The van der Waals surface area contributed by atoms with Crippen molar-refractivity contribution in [1.82, 2.24) is 9.88 Å². The van der Waals surface area contributed by atoms with E-state index in [1.54, 1.807) is 19.6 Å². The average Bonchev–Trinajstić information content (AvgIpc) is 3.34. The molecule has 1 aromatic carbocycles. The minimum absolute atomic E-state index is 0. The summed E-state index contributed by atoms with van der Waals surface area (Å²) in [4.78, 5) is 19.1. The summed E-state index contributed by atoms with van der Waals surface area (Å²) >= 11 is 1.42. The molecule has 1 aliphatic carbocycles. The van der Waals surface area contributed by atoms with Crippen LogP contribution in [0.5, 0.6) is 11.5 Å². The Balaban J connectivity index is 0.00000225. The fourth-order valence-corrected chi connectivity index (χ4v) is 3.24. The van der Waals surface area contributed by atoms with E-state index in [2.05, 4.69) is 4.98 Å². The molecule has 3 rings (SSSR count). The number of hydrogen-bond donors (Lipinski definition) is 1. The molecule has 0 radical (unpaired) electrons. The molecule has 1 aliphatic rings. The van der Waals surface area contributed by atoms with Crippen molar-refractivity contribution in [3.8, 4) is 11.5 Å². The summed E-state index contributed by atoms with van der Waals surface area (Å²) in [5.41, 5.74) is 6.99. The molecule has 0 unspecified atom stereocenters. The van der Waals surface area contributed by atoms with Gasteiger partial charge in [0.1, 0.15) is 22.2 Å². The summed E-state index contributed by atoms with van der Waals surface area (Å²) in [5.74, 6) is 1.43. The van der Waals surface area contributed by atoms with Crippen LogP contribution in [-0.2, 0) is 13.1 Å². The Hall–Kier alpha value is -1.83. The third kappa shape index (κ3) is 4.42. The summed E-state index contributed by atoms with van der Waals surface area (Å²) in [6.45, 7) is 0.824. The first-order valence-electron chi connectivity index (χ1n) is 7.82. The number of benzene rings is 1. The number of carbonyl (C=O) groups excluding carboxylic acids is 1. The Bertz CT molecular complexity index is 734. The van der Waals surface area contributed by atoms with E-state index >= 15 is 0 Å². The van der Waals surface area contributed by atoms with E-state index in [1.807, 2.05) is 23.1 Å². The molecule has 1 amide bonds. The number of ether oxygens (including phenoxy) is 2. The highest BCUT2D eigenvalue weighted by molar-refractivity contribution is 7.09. The van der Waals surface area contributed by atoms with Crippen molar-refractivity contribution in [3.63, 3.8) is 0 Å². The van der Waals surface area contributed by atoms with Crippen molar-refractivity contribution in [1.29, 1.82) is 0 Å². The number of aromatic nitrogens is 1. The first-order chi connectivity index (χ1) is 11.7. The Kier molecular flexibility index (Phi) is 6.64. The second-order valence-corrected chi connectivity index (χ2v) is 6.62. The van der Waals surface area contributed by atoms with Crippen molar-refractivity contribution in [2.45, 2.75) is 32.0 Å². The van der Waals surface area contributed by atoms with Crippen LogP contribution >= 0.6 is 23.7 Å². The van der Waals surface area contributed by atoms with E-state index in [0.29, 0.717) is 18.8 Å². The first-order valence-corrected chi connectivity index (χ1v) is 8.70. The predicted octanol–water partition coefficient (Wildman–Crippen LogP) is 2.85. The summed E-state index contributed by atoms with van der Waals surface area (Å²) < 4.78 is 10.7. The van der Waals surface area contributed by atoms with Crippen molar-refractivity contribution >= 4 is 29.7 Å². The van der Waals surface area contributed by atoms with Crippen LogP contribution in [0.2, 0.25) is 0 Å². The average molecular weight is 384 g/mol. The van der Waals surface area contributed by atoms with Gasteiger partial charge < -0.3 is 20.1 Å². The number of methoxy groups -OCH3 is 2. The molecule has 6 nitrogen and oxygen atoms in total. The maximum Gasteiger partial charge on any atom is 0.273 e. The van der Waals surface area contributed by atoms with Gasteiger partial charge in [0, 0.05) is 23.5 Å². The summed E-state index contributed by atoms with van der Waals surface area (Å²) in [5, 5.41) is 2.55. The molecule has 1 fully saturated rings. The van der Waals surface area contributed by atoms with Crippen molar-refractivity contribution in [2.24, 2.45) is 5.73 Å². The Morgan fingerprint density at radius 1 is 1.36 bits per heavy atom. The molecule has 2 N–H and O–H groups in total. The van der Waals surface area contributed by atoms with Crippen LogP contribution in [0.1, 0.15) is 33.9 Å². The number of halogens is 1. The molecule has 0 atom stereocenters. The fourth-order valence-electron chi connectivity index (χ4n) is 2.59. The van der Waals surface area contributed by atoms with Gasteiger partial charge in [-0.2, -0.15) is 0 Å². The molecular weight excluding hydrogens is 362 g/mol. The van der Waals surface area contributed by atoms with Crippen molar-refractivity contribution < 1.29 is 14.3 Å². The van der Waals surface area contributed by atoms with E-state index in [0.717, 1.165) is 34.9 Å². The lowest BCUT2D eigenvalue weighted by molar-refractivity contribution is 0.0723. The molecule has 0 bridgehead atoms. The van der Waals surface area contributed by atoms with Gasteiger partial charge in [-0.05, 0) is 31.0 Å². The number of hydrogen-bond acceptors (Lipinski definition) is 6. The van der Waals surface area contributed by atoms with Gasteiger partial charge in [-0.3, -0.25) is 4.79 Å². The summed E-state index contributed by atoms with van der Waals surface area (Å²) in [7, 11) is 3.25. The lowest BCUT2D eigenvalue weighted by atomic mass is 10.1. The molecule has 2 aromatic rings. The third-order valence-electron chi connectivity index (χ3n) is 4.02. The smallest absolute Gasteiger partial charge is 0.273 e. The van der Waals surface area contributed by atoms with Crippen LogP contribution in [0.25, 0.3) is 0 Å². The van der Waals surface area contributed by atoms with Crippen molar-refractivity contribution in [2.75, 3.05) is 14.2 Å². The molecule has 1 heterocycles. The summed E-state index contributed by atoms with van der Waals surface area (Å²) in [6.07, 6.45) is 2.04. The van der Waals surface area contributed by atoms with Crippen LogP contribution in [-0.4, -0.2) is 36.1 Å². The van der Waals surface area contributed by atoms with Gasteiger partial charge in [-0.25, -0.2) is 4.98 Å². The number of amides is 1. The van der Waals surface area contributed by atoms with Gasteiger partial charge in [0.05, 0.1) is 20.8 Å². The fraction of sp³-hybridized carbons (Fsp3) is 0.412. The van der Waals surface area contributed by atoms with Gasteiger partial charge in [0.15, 0.2) is 0 Å². The summed E-state index contributed by atoms with van der Waals surface area (Å²) in [6, 6.07) is 5.88. The molecule has 0 spiro atoms. The second kappa shape index (κ2) is 8.51. The van der Waals surface area contributed by atoms with Crippen molar-refractivity contribution in [3.05, 3.63) is 39.8 Å². The highest BCUT2D eigenvalue weighted by Gasteiger charge is 2.34. The van der Waals surface area contributed by atoms with Gasteiger partial charge >= 0.3 is 0 Å². The van der Waals surface area contributed by atoms with Crippen LogP contribution < -0.4 is 15.2 Å². The lowest BCUT2D eigenvalue weighted by Crippen LogP contribution is -2.33. The maximum absolute atomic E-state index is 12.9. The monoisotopic (exact) mass is 383 g/mol. The molecule has 1 aromatic heterocycles. The molecule has 8 heteroatoms. The minimum Gasteiger partial charge on any atom is -0.497 e. The minimum atomic E-state index is -0.0571. The van der Waals surface area contributed by atoms with E-state index in [9.17, 15) is 4.79 Å². The van der Waals surface area contributed by atoms with Crippen LogP contribution in [0.3, 0.4) is 0 Å². The Morgan fingerprint density at radius 2 is 2.12 bits per heavy atom. The molecular formula is C17H22ClN3O3S. The SMILES string of the molecule is COc1ccc(OC)c(CN(C(=O)c2csc(CN)n2)C2CC2)c1.Cl. The normalized spacial score (nSPS) is 13.1. The first kappa shape index (κ1) is 19.5. The second-order valence-electron chi connectivity index (χ2n) is 5.67. The third-order valence-corrected chi connectivity index (χ3v) is 4.89. The highest BCUT2D eigenvalue weighted by Crippen LogP contribution is 2.33. The Labute approximate surface area is 157 Å². The zero-order valence-electron chi connectivity index (χ0n) is 14.2. The molecule has 136 valence electrons. The highest BCUT2D eigenvalue weighted by atomic mass is 35.5. The van der Waals surface area contributed by atoms with E-state index < -0.39 is 0 Å². The standard InChI is InChI=1S/C17H21N3O3S.ClH/c1-22-13-5-6-15(23-2)11(7-13)9-20(12-3-4-12)17(21)14-10-24-16(8-18)19-14;/h5-7,10,12H,3-4,8-9,18H2,1-2H3;1H. The van der Waals surface area contributed by atoms with Crippen LogP contribution in [0.4, 0.5) is 0 Å².